The Morgan fingerprint density at radius 1 is 1.31 bits per heavy atom. The molecule has 0 spiro atoms. The molecule has 0 amide bonds. The first-order chi connectivity index (χ1) is 6.13. The number of hydrogen-bond acceptors (Lipinski definition) is 1. The Bertz CT molecular complexity index is 276. The van der Waals surface area contributed by atoms with Crippen LogP contribution in [0.15, 0.2) is 42.5 Å². The van der Waals surface area contributed by atoms with Crippen LogP contribution in [0, 0.1) is 0 Å². The standard InChI is InChI=1S/C12H16O/c1-9(2)12(13)10(3)11-7-5-4-6-8-11/h4-8,10,12-13H,1H2,2-3H3/t10-,12+/m1/s1. The van der Waals surface area contributed by atoms with Crippen molar-refractivity contribution in [2.75, 3.05) is 0 Å². The lowest BCUT2D eigenvalue weighted by atomic mass is 9.92. The van der Waals surface area contributed by atoms with Crippen molar-refractivity contribution < 1.29 is 5.11 Å². The van der Waals surface area contributed by atoms with Crippen molar-refractivity contribution in [1.82, 2.24) is 0 Å². The Kier molecular flexibility index (Phi) is 3.26. The SMILES string of the molecule is C=C(C)[C@H](O)[C@H](C)c1ccccc1. The van der Waals surface area contributed by atoms with Gasteiger partial charge < -0.3 is 5.11 Å². The molecule has 0 unspecified atom stereocenters. The average molecular weight is 176 g/mol. The highest BCUT2D eigenvalue weighted by Crippen LogP contribution is 2.22. The van der Waals surface area contributed by atoms with E-state index in [4.69, 9.17) is 0 Å². The van der Waals surface area contributed by atoms with Crippen molar-refractivity contribution in [3.8, 4) is 0 Å². The van der Waals surface area contributed by atoms with Crippen molar-refractivity contribution >= 4 is 0 Å². The molecule has 13 heavy (non-hydrogen) atoms. The largest absolute Gasteiger partial charge is 0.388 e. The van der Waals surface area contributed by atoms with Crippen molar-refractivity contribution in [2.45, 2.75) is 25.9 Å². The number of hydrogen-bond donors (Lipinski definition) is 1. The number of aliphatic hydroxyl groups is 1. The molecule has 1 heteroatoms. The highest BCUT2D eigenvalue weighted by Gasteiger charge is 2.15. The Morgan fingerprint density at radius 2 is 1.85 bits per heavy atom. The summed E-state index contributed by atoms with van der Waals surface area (Å²) in [4.78, 5) is 0. The van der Waals surface area contributed by atoms with E-state index in [1.54, 1.807) is 0 Å². The van der Waals surface area contributed by atoms with E-state index >= 15 is 0 Å². The van der Waals surface area contributed by atoms with E-state index in [2.05, 4.69) is 6.58 Å². The zero-order valence-electron chi connectivity index (χ0n) is 8.20. The summed E-state index contributed by atoms with van der Waals surface area (Å²) in [6, 6.07) is 9.99. The minimum Gasteiger partial charge on any atom is -0.388 e. The van der Waals surface area contributed by atoms with Gasteiger partial charge in [0.2, 0.25) is 0 Å². The van der Waals surface area contributed by atoms with Crippen LogP contribution in [0.5, 0.6) is 0 Å². The predicted molar refractivity (Wildman–Crippen MR) is 55.7 cm³/mol. The molecular weight excluding hydrogens is 160 g/mol. The van der Waals surface area contributed by atoms with Gasteiger partial charge in [0.1, 0.15) is 0 Å². The fourth-order valence-electron chi connectivity index (χ4n) is 1.37. The third-order valence-electron chi connectivity index (χ3n) is 2.30. The Hall–Kier alpha value is -1.08. The fraction of sp³-hybridized carbons (Fsp3) is 0.333. The topological polar surface area (TPSA) is 20.2 Å². The molecule has 2 atom stereocenters. The summed E-state index contributed by atoms with van der Waals surface area (Å²) in [6.07, 6.45) is -0.442. The van der Waals surface area contributed by atoms with Crippen molar-refractivity contribution in [2.24, 2.45) is 0 Å². The minimum absolute atomic E-state index is 0.124. The molecule has 1 nitrogen and oxygen atoms in total. The second-order valence-corrected chi connectivity index (χ2v) is 3.49. The van der Waals surface area contributed by atoms with E-state index in [1.807, 2.05) is 44.2 Å². The van der Waals surface area contributed by atoms with Gasteiger partial charge in [-0.3, -0.25) is 0 Å². The van der Waals surface area contributed by atoms with E-state index in [9.17, 15) is 5.11 Å². The van der Waals surface area contributed by atoms with Gasteiger partial charge in [0.25, 0.3) is 0 Å². The first-order valence-electron chi connectivity index (χ1n) is 4.51. The molecule has 70 valence electrons. The molecule has 0 radical (unpaired) electrons. The molecule has 0 heterocycles. The maximum absolute atomic E-state index is 9.75. The molecule has 1 aromatic rings. The summed E-state index contributed by atoms with van der Waals surface area (Å²) in [7, 11) is 0. The molecule has 1 aromatic carbocycles. The van der Waals surface area contributed by atoms with E-state index in [0.29, 0.717) is 0 Å². The zero-order chi connectivity index (χ0) is 9.84. The van der Waals surface area contributed by atoms with E-state index < -0.39 is 6.10 Å². The Morgan fingerprint density at radius 3 is 2.31 bits per heavy atom. The van der Waals surface area contributed by atoms with Gasteiger partial charge in [-0.25, -0.2) is 0 Å². The maximum Gasteiger partial charge on any atom is 0.0810 e. The molecule has 0 bridgehead atoms. The summed E-state index contributed by atoms with van der Waals surface area (Å²) in [5.74, 6) is 0.124. The molecule has 0 saturated heterocycles. The zero-order valence-corrected chi connectivity index (χ0v) is 8.20. The number of benzene rings is 1. The third kappa shape index (κ3) is 2.43. The van der Waals surface area contributed by atoms with Crippen LogP contribution in [-0.2, 0) is 0 Å². The van der Waals surface area contributed by atoms with Crippen molar-refractivity contribution in [3.05, 3.63) is 48.0 Å². The summed E-state index contributed by atoms with van der Waals surface area (Å²) in [6.45, 7) is 7.61. The van der Waals surface area contributed by atoms with Gasteiger partial charge in [0, 0.05) is 5.92 Å². The van der Waals surface area contributed by atoms with Gasteiger partial charge in [-0.1, -0.05) is 49.4 Å². The Balaban J connectivity index is 2.79. The Labute approximate surface area is 79.7 Å². The van der Waals surface area contributed by atoms with Crippen LogP contribution in [-0.4, -0.2) is 11.2 Å². The van der Waals surface area contributed by atoms with Crippen LogP contribution >= 0.6 is 0 Å². The lowest BCUT2D eigenvalue weighted by molar-refractivity contribution is 0.185. The van der Waals surface area contributed by atoms with E-state index in [-0.39, 0.29) is 5.92 Å². The second kappa shape index (κ2) is 4.24. The van der Waals surface area contributed by atoms with Crippen molar-refractivity contribution in [3.63, 3.8) is 0 Å². The second-order valence-electron chi connectivity index (χ2n) is 3.49. The van der Waals surface area contributed by atoms with Crippen LogP contribution in [0.25, 0.3) is 0 Å². The first kappa shape index (κ1) is 10.0. The van der Waals surface area contributed by atoms with Crippen LogP contribution in [0.4, 0.5) is 0 Å². The third-order valence-corrected chi connectivity index (χ3v) is 2.30. The molecule has 1 N–H and O–H groups in total. The lowest BCUT2D eigenvalue weighted by Gasteiger charge is -2.19. The predicted octanol–water partition coefficient (Wildman–Crippen LogP) is 2.73. The van der Waals surface area contributed by atoms with Crippen LogP contribution < -0.4 is 0 Å². The monoisotopic (exact) mass is 176 g/mol. The molecule has 0 aliphatic heterocycles. The molecule has 0 aromatic heterocycles. The van der Waals surface area contributed by atoms with Gasteiger partial charge in [0.05, 0.1) is 6.10 Å². The summed E-state index contributed by atoms with van der Waals surface area (Å²) < 4.78 is 0. The summed E-state index contributed by atoms with van der Waals surface area (Å²) >= 11 is 0. The highest BCUT2D eigenvalue weighted by molar-refractivity contribution is 5.22. The molecule has 0 fully saturated rings. The van der Waals surface area contributed by atoms with E-state index in [1.165, 1.54) is 0 Å². The van der Waals surface area contributed by atoms with Gasteiger partial charge in [-0.05, 0) is 12.5 Å². The quantitative estimate of drug-likeness (QED) is 0.702. The first-order valence-corrected chi connectivity index (χ1v) is 4.51. The van der Waals surface area contributed by atoms with Crippen LogP contribution in [0.1, 0.15) is 25.3 Å². The van der Waals surface area contributed by atoms with Gasteiger partial charge in [-0.15, -0.1) is 0 Å². The number of rotatable bonds is 3. The molecule has 0 aliphatic rings. The minimum atomic E-state index is -0.442. The van der Waals surface area contributed by atoms with Crippen LogP contribution in [0.3, 0.4) is 0 Å². The lowest BCUT2D eigenvalue weighted by Crippen LogP contribution is -2.16. The van der Waals surface area contributed by atoms with Gasteiger partial charge in [-0.2, -0.15) is 0 Å². The van der Waals surface area contributed by atoms with E-state index in [0.717, 1.165) is 11.1 Å². The average Bonchev–Trinajstić information content (AvgIpc) is 2.17. The number of aliphatic hydroxyl groups excluding tert-OH is 1. The maximum atomic E-state index is 9.75. The molecule has 0 saturated carbocycles. The van der Waals surface area contributed by atoms with Crippen LogP contribution in [0.2, 0.25) is 0 Å². The fourth-order valence-corrected chi connectivity index (χ4v) is 1.37. The summed E-state index contributed by atoms with van der Waals surface area (Å²) in [5.41, 5.74) is 1.97. The van der Waals surface area contributed by atoms with Gasteiger partial charge >= 0.3 is 0 Å². The molecule has 0 aliphatic carbocycles. The smallest absolute Gasteiger partial charge is 0.0810 e. The van der Waals surface area contributed by atoms with Gasteiger partial charge in [0.15, 0.2) is 0 Å². The van der Waals surface area contributed by atoms with Crippen molar-refractivity contribution in [1.29, 1.82) is 0 Å². The highest BCUT2D eigenvalue weighted by atomic mass is 16.3. The summed E-state index contributed by atoms with van der Waals surface area (Å²) in [5, 5.41) is 9.75. The normalized spacial score (nSPS) is 15.0. The molecular formula is C12H16O. The molecule has 1 rings (SSSR count).